The summed E-state index contributed by atoms with van der Waals surface area (Å²) in [6.45, 7) is 4.81. The van der Waals surface area contributed by atoms with E-state index in [9.17, 15) is 0 Å². The summed E-state index contributed by atoms with van der Waals surface area (Å²) in [5.41, 5.74) is 6.03. The summed E-state index contributed by atoms with van der Waals surface area (Å²) in [7, 11) is 0. The molecular formula is C11H19NO. The van der Waals surface area contributed by atoms with Crippen molar-refractivity contribution < 1.29 is 4.74 Å². The van der Waals surface area contributed by atoms with Crippen molar-refractivity contribution in [1.82, 2.24) is 0 Å². The molecule has 0 aromatic carbocycles. The Bertz CT molecular complexity index is 204. The van der Waals surface area contributed by atoms with Gasteiger partial charge in [-0.2, -0.15) is 0 Å². The third-order valence-corrected chi connectivity index (χ3v) is 2.61. The van der Waals surface area contributed by atoms with Crippen LogP contribution in [0, 0.1) is 17.8 Å². The van der Waals surface area contributed by atoms with E-state index in [-0.39, 0.29) is 6.04 Å². The van der Waals surface area contributed by atoms with Crippen LogP contribution < -0.4 is 5.73 Å². The minimum atomic E-state index is 0.269. The molecule has 0 bridgehead atoms. The first kappa shape index (κ1) is 10.6. The summed E-state index contributed by atoms with van der Waals surface area (Å²) in [5, 5.41) is 0. The first-order chi connectivity index (χ1) is 6.24. The fourth-order valence-corrected chi connectivity index (χ4v) is 1.75. The average molecular weight is 181 g/mol. The Balaban J connectivity index is 2.22. The monoisotopic (exact) mass is 181 g/mol. The van der Waals surface area contributed by atoms with E-state index in [1.54, 1.807) is 0 Å². The van der Waals surface area contributed by atoms with Crippen molar-refractivity contribution in [2.24, 2.45) is 11.7 Å². The molecular weight excluding hydrogens is 162 g/mol. The summed E-state index contributed by atoms with van der Waals surface area (Å²) in [6, 6.07) is 0.269. The summed E-state index contributed by atoms with van der Waals surface area (Å²) >= 11 is 0. The van der Waals surface area contributed by atoms with Crippen LogP contribution in [0.1, 0.15) is 33.1 Å². The average Bonchev–Trinajstić information content (AvgIpc) is 2.52. The molecule has 0 amide bonds. The van der Waals surface area contributed by atoms with Crippen molar-refractivity contribution in [2.75, 3.05) is 6.61 Å². The molecule has 1 rings (SSSR count). The van der Waals surface area contributed by atoms with Crippen molar-refractivity contribution >= 4 is 0 Å². The molecule has 0 saturated carbocycles. The number of hydrogen-bond donors (Lipinski definition) is 1. The van der Waals surface area contributed by atoms with Crippen LogP contribution in [0.2, 0.25) is 0 Å². The van der Waals surface area contributed by atoms with Crippen LogP contribution in [-0.2, 0) is 4.74 Å². The van der Waals surface area contributed by atoms with Crippen LogP contribution in [-0.4, -0.2) is 18.8 Å². The Hall–Kier alpha value is -0.520. The van der Waals surface area contributed by atoms with E-state index in [0.717, 1.165) is 25.9 Å². The fourth-order valence-electron chi connectivity index (χ4n) is 1.75. The van der Waals surface area contributed by atoms with Gasteiger partial charge < -0.3 is 10.5 Å². The molecule has 2 heteroatoms. The second-order valence-electron chi connectivity index (χ2n) is 3.77. The van der Waals surface area contributed by atoms with Gasteiger partial charge in [0.15, 0.2) is 0 Å². The molecule has 0 aromatic heterocycles. The smallest absolute Gasteiger partial charge is 0.0551 e. The van der Waals surface area contributed by atoms with Crippen LogP contribution in [0.15, 0.2) is 0 Å². The van der Waals surface area contributed by atoms with Crippen molar-refractivity contribution in [2.45, 2.75) is 45.3 Å². The van der Waals surface area contributed by atoms with Gasteiger partial charge in [0.2, 0.25) is 0 Å². The molecule has 0 aromatic rings. The van der Waals surface area contributed by atoms with E-state index in [1.807, 2.05) is 6.92 Å². The highest BCUT2D eigenvalue weighted by Gasteiger charge is 2.26. The van der Waals surface area contributed by atoms with Crippen LogP contribution in [0.5, 0.6) is 0 Å². The molecule has 2 nitrogen and oxygen atoms in total. The first-order valence-corrected chi connectivity index (χ1v) is 5.00. The molecule has 0 spiro atoms. The number of hydrogen-bond acceptors (Lipinski definition) is 2. The van der Waals surface area contributed by atoms with Gasteiger partial charge in [0.05, 0.1) is 12.7 Å². The molecule has 3 atom stereocenters. The summed E-state index contributed by atoms with van der Waals surface area (Å²) < 4.78 is 5.48. The highest BCUT2D eigenvalue weighted by Crippen LogP contribution is 2.23. The van der Waals surface area contributed by atoms with Crippen molar-refractivity contribution in [3.05, 3.63) is 0 Å². The topological polar surface area (TPSA) is 35.2 Å². The van der Waals surface area contributed by atoms with E-state index in [0.29, 0.717) is 12.0 Å². The maximum Gasteiger partial charge on any atom is 0.0551 e. The molecule has 1 fully saturated rings. The van der Waals surface area contributed by atoms with Gasteiger partial charge in [0.1, 0.15) is 0 Å². The molecule has 2 N–H and O–H groups in total. The molecule has 13 heavy (non-hydrogen) atoms. The lowest BCUT2D eigenvalue weighted by Gasteiger charge is -2.15. The fraction of sp³-hybridized carbons (Fsp3) is 0.818. The maximum absolute atomic E-state index is 6.03. The van der Waals surface area contributed by atoms with Gasteiger partial charge in [0.25, 0.3) is 0 Å². The van der Waals surface area contributed by atoms with Crippen molar-refractivity contribution in [1.29, 1.82) is 0 Å². The number of rotatable bonds is 3. The van der Waals surface area contributed by atoms with Gasteiger partial charge in [-0.1, -0.05) is 0 Å². The lowest BCUT2D eigenvalue weighted by molar-refractivity contribution is 0.118. The van der Waals surface area contributed by atoms with Gasteiger partial charge >= 0.3 is 0 Å². The van der Waals surface area contributed by atoms with Crippen LogP contribution in [0.25, 0.3) is 0 Å². The largest absolute Gasteiger partial charge is 0.378 e. The lowest BCUT2D eigenvalue weighted by atomic mass is 9.94. The van der Waals surface area contributed by atoms with E-state index in [1.165, 1.54) is 0 Å². The summed E-state index contributed by atoms with van der Waals surface area (Å²) in [6.07, 6.45) is 3.43. The molecule has 3 unspecified atom stereocenters. The molecule has 0 aliphatic carbocycles. The zero-order valence-electron chi connectivity index (χ0n) is 8.55. The minimum Gasteiger partial charge on any atom is -0.378 e. The van der Waals surface area contributed by atoms with Crippen LogP contribution >= 0.6 is 0 Å². The Kier molecular flexibility index (Phi) is 4.27. The Labute approximate surface area is 80.8 Å². The first-order valence-electron chi connectivity index (χ1n) is 5.00. The standard InChI is InChI=1S/C11H19NO/c1-3-4-5-6-11(12)10-7-9(2)13-8-10/h9-11H,5-8,12H2,1-2H3. The second kappa shape index (κ2) is 5.26. The van der Waals surface area contributed by atoms with Gasteiger partial charge in [-0.15, -0.1) is 11.8 Å². The normalized spacial score (nSPS) is 29.5. The minimum absolute atomic E-state index is 0.269. The lowest BCUT2D eigenvalue weighted by Crippen LogP contribution is -2.30. The summed E-state index contributed by atoms with van der Waals surface area (Å²) in [5.74, 6) is 6.48. The highest BCUT2D eigenvalue weighted by molar-refractivity contribution is 4.96. The molecule has 0 radical (unpaired) electrons. The van der Waals surface area contributed by atoms with Gasteiger partial charge in [0, 0.05) is 12.5 Å². The number of ether oxygens (including phenoxy) is 1. The molecule has 1 aliphatic heterocycles. The zero-order chi connectivity index (χ0) is 9.68. The Morgan fingerprint density at radius 3 is 2.92 bits per heavy atom. The van der Waals surface area contributed by atoms with Crippen molar-refractivity contribution in [3.63, 3.8) is 0 Å². The van der Waals surface area contributed by atoms with E-state index >= 15 is 0 Å². The van der Waals surface area contributed by atoms with E-state index in [2.05, 4.69) is 18.8 Å². The molecule has 1 heterocycles. The zero-order valence-corrected chi connectivity index (χ0v) is 8.55. The Morgan fingerprint density at radius 2 is 2.38 bits per heavy atom. The predicted octanol–water partition coefficient (Wildman–Crippen LogP) is 1.54. The third-order valence-electron chi connectivity index (χ3n) is 2.61. The number of nitrogens with two attached hydrogens (primary N) is 1. The van der Waals surface area contributed by atoms with Gasteiger partial charge in [-0.3, -0.25) is 0 Å². The quantitative estimate of drug-likeness (QED) is 0.670. The molecule has 1 saturated heterocycles. The predicted molar refractivity (Wildman–Crippen MR) is 54.2 cm³/mol. The molecule has 1 aliphatic rings. The van der Waals surface area contributed by atoms with Crippen LogP contribution in [0.3, 0.4) is 0 Å². The van der Waals surface area contributed by atoms with Crippen molar-refractivity contribution in [3.8, 4) is 11.8 Å². The SMILES string of the molecule is CC#CCCC(N)C1COC(C)C1. The summed E-state index contributed by atoms with van der Waals surface area (Å²) in [4.78, 5) is 0. The highest BCUT2D eigenvalue weighted by atomic mass is 16.5. The molecule has 74 valence electrons. The third kappa shape index (κ3) is 3.38. The van der Waals surface area contributed by atoms with Gasteiger partial charge in [-0.05, 0) is 32.6 Å². The second-order valence-corrected chi connectivity index (χ2v) is 3.77. The maximum atomic E-state index is 6.03. The van der Waals surface area contributed by atoms with Gasteiger partial charge in [-0.25, -0.2) is 0 Å². The Morgan fingerprint density at radius 1 is 1.62 bits per heavy atom. The van der Waals surface area contributed by atoms with E-state index < -0.39 is 0 Å². The van der Waals surface area contributed by atoms with Crippen LogP contribution in [0.4, 0.5) is 0 Å². The van der Waals surface area contributed by atoms with E-state index in [4.69, 9.17) is 10.5 Å².